The normalized spacial score (nSPS) is 24.1. The van der Waals surface area contributed by atoms with E-state index >= 15 is 0 Å². The SMILES string of the molecule is CC1C=CC=CC1C1=C(Nc2ccc(-c3cccc4c3C3C=CC=CC3C43c4ccccc4-c4ccccc43)cc2)C=CCC=C1. The Labute approximate surface area is 272 Å². The highest BCUT2D eigenvalue weighted by Gasteiger charge is 2.57. The van der Waals surface area contributed by atoms with Crippen molar-refractivity contribution in [3.63, 3.8) is 0 Å². The molecule has 1 N–H and O–H groups in total. The average molecular weight is 592 g/mol. The van der Waals surface area contributed by atoms with Crippen molar-refractivity contribution in [1.82, 2.24) is 0 Å². The van der Waals surface area contributed by atoms with Crippen molar-refractivity contribution in [1.29, 1.82) is 0 Å². The van der Waals surface area contributed by atoms with Crippen molar-refractivity contribution in [2.24, 2.45) is 17.8 Å². The highest BCUT2D eigenvalue weighted by molar-refractivity contribution is 5.87. The zero-order valence-corrected chi connectivity index (χ0v) is 26.1. The Bertz CT molecular complexity index is 2030. The lowest BCUT2D eigenvalue weighted by molar-refractivity contribution is 0.465. The van der Waals surface area contributed by atoms with Crippen LogP contribution in [0.15, 0.2) is 175 Å². The van der Waals surface area contributed by atoms with Gasteiger partial charge < -0.3 is 5.32 Å². The molecule has 5 aliphatic carbocycles. The highest BCUT2D eigenvalue weighted by Crippen LogP contribution is 2.66. The van der Waals surface area contributed by atoms with E-state index in [1.807, 2.05) is 0 Å². The largest absolute Gasteiger partial charge is 0.355 e. The lowest BCUT2D eigenvalue weighted by Gasteiger charge is -2.36. The second kappa shape index (κ2) is 10.7. The minimum atomic E-state index is -0.200. The van der Waals surface area contributed by atoms with Crippen molar-refractivity contribution in [2.75, 3.05) is 5.32 Å². The van der Waals surface area contributed by atoms with Gasteiger partial charge in [0.25, 0.3) is 0 Å². The first-order chi connectivity index (χ1) is 22.7. The molecular formula is C45H37N. The van der Waals surface area contributed by atoms with Gasteiger partial charge in [0.2, 0.25) is 0 Å². The van der Waals surface area contributed by atoms with Gasteiger partial charge in [0, 0.05) is 29.1 Å². The van der Waals surface area contributed by atoms with Gasteiger partial charge in [-0.25, -0.2) is 0 Å². The molecule has 0 saturated carbocycles. The van der Waals surface area contributed by atoms with E-state index in [1.165, 1.54) is 55.8 Å². The van der Waals surface area contributed by atoms with Crippen LogP contribution in [-0.2, 0) is 5.41 Å². The standard InChI is InChI=1S/C45H37N/c1-30-14-5-6-15-33(30)37-18-3-2-4-25-43(37)46-32-28-26-31(27-29-32)34-20-13-24-42-44(34)38-19-9-12-23-41(38)45(42)39-21-10-7-16-35(39)36-17-8-11-22-40(36)45/h3-30,33,38,41,46H,2H2,1H3. The molecule has 0 aliphatic heterocycles. The molecule has 4 aromatic carbocycles. The molecule has 0 aromatic heterocycles. The summed E-state index contributed by atoms with van der Waals surface area (Å²) in [6, 6.07) is 34.3. The number of benzene rings is 4. The Morgan fingerprint density at radius 3 is 1.98 bits per heavy atom. The molecule has 4 aromatic rings. The maximum atomic E-state index is 3.79. The minimum absolute atomic E-state index is 0.200. The van der Waals surface area contributed by atoms with E-state index in [1.54, 1.807) is 0 Å². The second-order valence-electron chi connectivity index (χ2n) is 13.3. The van der Waals surface area contributed by atoms with Gasteiger partial charge in [-0.15, -0.1) is 0 Å². The topological polar surface area (TPSA) is 12.0 Å². The maximum Gasteiger partial charge on any atom is 0.0538 e. The molecule has 1 spiro atoms. The summed E-state index contributed by atoms with van der Waals surface area (Å²) in [5, 5.41) is 3.79. The number of nitrogens with one attached hydrogen (secondary N) is 1. The van der Waals surface area contributed by atoms with Gasteiger partial charge in [0.1, 0.15) is 0 Å². The van der Waals surface area contributed by atoms with Crippen LogP contribution in [0.3, 0.4) is 0 Å². The second-order valence-corrected chi connectivity index (χ2v) is 13.3. The van der Waals surface area contributed by atoms with E-state index < -0.39 is 0 Å². The average Bonchev–Trinajstić information content (AvgIpc) is 3.46. The summed E-state index contributed by atoms with van der Waals surface area (Å²) in [4.78, 5) is 0. The molecular weight excluding hydrogens is 555 g/mol. The number of fused-ring (bicyclic) bond motifs is 10. The van der Waals surface area contributed by atoms with E-state index in [4.69, 9.17) is 0 Å². The van der Waals surface area contributed by atoms with Gasteiger partial charge in [0.05, 0.1) is 5.41 Å². The predicted octanol–water partition coefficient (Wildman–Crippen LogP) is 11.1. The molecule has 1 heteroatoms. The first-order valence-corrected chi connectivity index (χ1v) is 16.7. The van der Waals surface area contributed by atoms with E-state index in [-0.39, 0.29) is 5.41 Å². The highest BCUT2D eigenvalue weighted by atomic mass is 14.9. The summed E-state index contributed by atoms with van der Waals surface area (Å²) in [6.07, 6.45) is 28.4. The van der Waals surface area contributed by atoms with Crippen LogP contribution in [0.2, 0.25) is 0 Å². The van der Waals surface area contributed by atoms with Crippen molar-refractivity contribution in [3.05, 3.63) is 197 Å². The van der Waals surface area contributed by atoms with Crippen LogP contribution in [0.4, 0.5) is 5.69 Å². The quantitative estimate of drug-likeness (QED) is 0.249. The number of hydrogen-bond acceptors (Lipinski definition) is 1. The molecule has 0 amide bonds. The van der Waals surface area contributed by atoms with Crippen LogP contribution in [0.1, 0.15) is 41.5 Å². The van der Waals surface area contributed by atoms with Crippen molar-refractivity contribution in [2.45, 2.75) is 24.7 Å². The zero-order chi connectivity index (χ0) is 30.7. The monoisotopic (exact) mass is 591 g/mol. The molecule has 9 rings (SSSR count). The fourth-order valence-corrected chi connectivity index (χ4v) is 8.96. The number of rotatable bonds is 4. The summed E-state index contributed by atoms with van der Waals surface area (Å²) in [5.74, 6) is 1.46. The number of allylic oxidation sites excluding steroid dienone is 13. The van der Waals surface area contributed by atoms with Crippen LogP contribution in [0.25, 0.3) is 22.3 Å². The van der Waals surface area contributed by atoms with Gasteiger partial charge in [-0.1, -0.05) is 153 Å². The van der Waals surface area contributed by atoms with Crippen molar-refractivity contribution >= 4 is 5.69 Å². The smallest absolute Gasteiger partial charge is 0.0538 e. The van der Waals surface area contributed by atoms with Crippen molar-refractivity contribution in [3.8, 4) is 22.3 Å². The Kier molecular flexibility index (Phi) is 6.35. The maximum absolute atomic E-state index is 3.79. The zero-order valence-electron chi connectivity index (χ0n) is 26.1. The third-order valence-electron chi connectivity index (χ3n) is 10.9. The van der Waals surface area contributed by atoms with Crippen LogP contribution < -0.4 is 5.32 Å². The van der Waals surface area contributed by atoms with E-state index in [0.717, 1.165) is 12.1 Å². The Hall–Kier alpha value is -5.14. The molecule has 0 heterocycles. The first kappa shape index (κ1) is 27.2. The number of anilines is 1. The molecule has 4 atom stereocenters. The van der Waals surface area contributed by atoms with E-state index in [9.17, 15) is 0 Å². The molecule has 0 fully saturated rings. The van der Waals surface area contributed by atoms with Crippen LogP contribution >= 0.6 is 0 Å². The van der Waals surface area contributed by atoms with Crippen molar-refractivity contribution < 1.29 is 0 Å². The predicted molar refractivity (Wildman–Crippen MR) is 193 cm³/mol. The minimum Gasteiger partial charge on any atom is -0.355 e. The number of hydrogen-bond donors (Lipinski definition) is 1. The molecule has 0 radical (unpaired) electrons. The molecule has 0 saturated heterocycles. The van der Waals surface area contributed by atoms with Gasteiger partial charge >= 0.3 is 0 Å². The lowest BCUT2D eigenvalue weighted by Crippen LogP contribution is -2.32. The van der Waals surface area contributed by atoms with Crippen LogP contribution in [0, 0.1) is 17.8 Å². The van der Waals surface area contributed by atoms with Crippen LogP contribution in [0.5, 0.6) is 0 Å². The molecule has 222 valence electrons. The summed E-state index contributed by atoms with van der Waals surface area (Å²) in [6.45, 7) is 2.31. The third-order valence-corrected chi connectivity index (χ3v) is 10.9. The third kappa shape index (κ3) is 3.94. The fourth-order valence-electron chi connectivity index (χ4n) is 8.96. The molecule has 0 bridgehead atoms. The summed E-state index contributed by atoms with van der Waals surface area (Å²) < 4.78 is 0. The van der Waals surface area contributed by atoms with Gasteiger partial charge in [-0.3, -0.25) is 0 Å². The van der Waals surface area contributed by atoms with E-state index in [2.05, 4.69) is 176 Å². The molecule has 46 heavy (non-hydrogen) atoms. The molecule has 4 unspecified atom stereocenters. The summed E-state index contributed by atoms with van der Waals surface area (Å²) >= 11 is 0. The van der Waals surface area contributed by atoms with Gasteiger partial charge in [-0.2, -0.15) is 0 Å². The summed E-state index contributed by atoms with van der Waals surface area (Å²) in [7, 11) is 0. The lowest BCUT2D eigenvalue weighted by atomic mass is 9.65. The van der Waals surface area contributed by atoms with Crippen LogP contribution in [-0.4, -0.2) is 0 Å². The fraction of sp³-hybridized carbons (Fsp3) is 0.156. The molecule has 1 nitrogen and oxygen atoms in total. The first-order valence-electron chi connectivity index (χ1n) is 16.7. The van der Waals surface area contributed by atoms with E-state index in [0.29, 0.717) is 23.7 Å². The Morgan fingerprint density at radius 2 is 1.22 bits per heavy atom. The van der Waals surface area contributed by atoms with Gasteiger partial charge in [-0.05, 0) is 80.6 Å². The molecule has 5 aliphatic rings. The summed E-state index contributed by atoms with van der Waals surface area (Å²) in [5.41, 5.74) is 14.6. The van der Waals surface area contributed by atoms with Gasteiger partial charge in [0.15, 0.2) is 0 Å². The Balaban J connectivity index is 1.14. The Morgan fingerprint density at radius 1 is 0.587 bits per heavy atom.